The summed E-state index contributed by atoms with van der Waals surface area (Å²) in [5.41, 5.74) is -0.577. The molecule has 0 amide bonds. The third-order valence-electron chi connectivity index (χ3n) is 2.81. The zero-order chi connectivity index (χ0) is 11.5. The van der Waals surface area contributed by atoms with Crippen molar-refractivity contribution in [2.45, 2.75) is 19.4 Å². The molecule has 90 valence electrons. The SMILES string of the molecule is CC(CO)(CO)CNC1CCS(=O)(=O)C1. The fourth-order valence-electron chi connectivity index (χ4n) is 1.51. The Labute approximate surface area is 90.4 Å². The molecule has 0 spiro atoms. The highest BCUT2D eigenvalue weighted by molar-refractivity contribution is 7.91. The Hall–Kier alpha value is -0.170. The summed E-state index contributed by atoms with van der Waals surface area (Å²) in [6.45, 7) is 1.95. The first-order valence-electron chi connectivity index (χ1n) is 5.06. The molecule has 0 aromatic heterocycles. The van der Waals surface area contributed by atoms with E-state index in [-0.39, 0.29) is 30.8 Å². The number of rotatable bonds is 5. The molecule has 1 aliphatic heterocycles. The zero-order valence-electron chi connectivity index (χ0n) is 8.94. The van der Waals surface area contributed by atoms with Crippen LogP contribution in [-0.2, 0) is 9.84 Å². The first-order valence-corrected chi connectivity index (χ1v) is 6.88. The van der Waals surface area contributed by atoms with Gasteiger partial charge in [0, 0.05) is 18.0 Å². The van der Waals surface area contributed by atoms with Crippen molar-refractivity contribution in [1.82, 2.24) is 5.32 Å². The van der Waals surface area contributed by atoms with Gasteiger partial charge in [-0.3, -0.25) is 0 Å². The van der Waals surface area contributed by atoms with E-state index in [4.69, 9.17) is 10.2 Å². The molecule has 1 heterocycles. The molecule has 1 fully saturated rings. The van der Waals surface area contributed by atoms with Crippen molar-refractivity contribution in [3.8, 4) is 0 Å². The van der Waals surface area contributed by atoms with E-state index < -0.39 is 15.3 Å². The van der Waals surface area contributed by atoms with Crippen LogP contribution >= 0.6 is 0 Å². The van der Waals surface area contributed by atoms with Gasteiger partial charge in [0.1, 0.15) is 0 Å². The number of aliphatic hydroxyl groups excluding tert-OH is 2. The Morgan fingerprint density at radius 1 is 1.40 bits per heavy atom. The Kier molecular flexibility index (Phi) is 4.11. The van der Waals surface area contributed by atoms with Crippen LogP contribution in [0.5, 0.6) is 0 Å². The summed E-state index contributed by atoms with van der Waals surface area (Å²) >= 11 is 0. The second kappa shape index (κ2) is 4.78. The molecule has 3 N–H and O–H groups in total. The van der Waals surface area contributed by atoms with Gasteiger partial charge in [0.15, 0.2) is 9.84 Å². The molecule has 1 atom stereocenters. The maximum absolute atomic E-state index is 11.2. The molecule has 5 nitrogen and oxygen atoms in total. The molecule has 0 saturated carbocycles. The van der Waals surface area contributed by atoms with Gasteiger partial charge < -0.3 is 15.5 Å². The highest BCUT2D eigenvalue weighted by atomic mass is 32.2. The molecule has 0 aromatic rings. The maximum atomic E-state index is 11.2. The van der Waals surface area contributed by atoms with Crippen molar-refractivity contribution < 1.29 is 18.6 Å². The van der Waals surface area contributed by atoms with Crippen LogP contribution in [0.3, 0.4) is 0 Å². The topological polar surface area (TPSA) is 86.6 Å². The Morgan fingerprint density at radius 3 is 2.40 bits per heavy atom. The molecule has 1 rings (SSSR count). The van der Waals surface area contributed by atoms with Crippen molar-refractivity contribution in [1.29, 1.82) is 0 Å². The summed E-state index contributed by atoms with van der Waals surface area (Å²) in [6.07, 6.45) is 0.620. The lowest BCUT2D eigenvalue weighted by Crippen LogP contribution is -2.42. The molecular weight excluding hydrogens is 218 g/mol. The van der Waals surface area contributed by atoms with Gasteiger partial charge >= 0.3 is 0 Å². The van der Waals surface area contributed by atoms with Gasteiger partial charge in [0.2, 0.25) is 0 Å². The lowest BCUT2D eigenvalue weighted by molar-refractivity contribution is 0.0679. The van der Waals surface area contributed by atoms with E-state index >= 15 is 0 Å². The second-order valence-corrected chi connectivity index (χ2v) is 6.84. The van der Waals surface area contributed by atoms with Crippen molar-refractivity contribution >= 4 is 9.84 Å². The van der Waals surface area contributed by atoms with Crippen molar-refractivity contribution in [3.63, 3.8) is 0 Å². The minimum Gasteiger partial charge on any atom is -0.396 e. The van der Waals surface area contributed by atoms with Crippen LogP contribution in [-0.4, -0.2) is 55.9 Å². The van der Waals surface area contributed by atoms with Crippen LogP contribution < -0.4 is 5.32 Å². The molecule has 6 heteroatoms. The predicted molar refractivity (Wildman–Crippen MR) is 57.3 cm³/mol. The third kappa shape index (κ3) is 3.71. The van der Waals surface area contributed by atoms with Gasteiger partial charge in [-0.2, -0.15) is 0 Å². The summed E-state index contributed by atoms with van der Waals surface area (Å²) < 4.78 is 22.3. The lowest BCUT2D eigenvalue weighted by Gasteiger charge is -2.26. The smallest absolute Gasteiger partial charge is 0.151 e. The monoisotopic (exact) mass is 237 g/mol. The van der Waals surface area contributed by atoms with E-state index in [0.29, 0.717) is 13.0 Å². The first kappa shape index (κ1) is 12.9. The van der Waals surface area contributed by atoms with Crippen LogP contribution in [0.15, 0.2) is 0 Å². The Bertz CT molecular complexity index is 297. The van der Waals surface area contributed by atoms with E-state index in [1.54, 1.807) is 6.92 Å². The largest absolute Gasteiger partial charge is 0.396 e. The van der Waals surface area contributed by atoms with Crippen LogP contribution in [0.25, 0.3) is 0 Å². The number of hydrogen-bond acceptors (Lipinski definition) is 5. The van der Waals surface area contributed by atoms with Gasteiger partial charge in [0.05, 0.1) is 24.7 Å². The molecule has 0 aliphatic carbocycles. The molecule has 0 radical (unpaired) electrons. The van der Waals surface area contributed by atoms with E-state index in [2.05, 4.69) is 5.32 Å². The fraction of sp³-hybridized carbons (Fsp3) is 1.00. The van der Waals surface area contributed by atoms with Crippen LogP contribution in [0.1, 0.15) is 13.3 Å². The highest BCUT2D eigenvalue weighted by Gasteiger charge is 2.30. The van der Waals surface area contributed by atoms with E-state index in [0.717, 1.165) is 0 Å². The molecule has 15 heavy (non-hydrogen) atoms. The summed E-state index contributed by atoms with van der Waals surface area (Å²) in [6, 6.07) is -0.0348. The van der Waals surface area contributed by atoms with Gasteiger partial charge in [-0.15, -0.1) is 0 Å². The average Bonchev–Trinajstić information content (AvgIpc) is 2.55. The summed E-state index contributed by atoms with van der Waals surface area (Å²) in [5, 5.41) is 21.2. The predicted octanol–water partition coefficient (Wildman–Crippen LogP) is -1.25. The normalized spacial score (nSPS) is 25.7. The van der Waals surface area contributed by atoms with E-state index in [1.807, 2.05) is 0 Å². The molecule has 1 unspecified atom stereocenters. The summed E-state index contributed by atoms with van der Waals surface area (Å²) in [4.78, 5) is 0. The van der Waals surface area contributed by atoms with Gasteiger partial charge in [0.25, 0.3) is 0 Å². The zero-order valence-corrected chi connectivity index (χ0v) is 9.76. The molecule has 0 bridgehead atoms. The first-order chi connectivity index (χ1) is 6.91. The number of sulfone groups is 1. The fourth-order valence-corrected chi connectivity index (χ4v) is 3.22. The third-order valence-corrected chi connectivity index (χ3v) is 4.58. The van der Waals surface area contributed by atoms with Crippen LogP contribution in [0.2, 0.25) is 0 Å². The Balaban J connectivity index is 2.38. The number of hydrogen-bond donors (Lipinski definition) is 3. The van der Waals surface area contributed by atoms with Gasteiger partial charge in [-0.25, -0.2) is 8.42 Å². The second-order valence-electron chi connectivity index (χ2n) is 4.61. The maximum Gasteiger partial charge on any atom is 0.151 e. The lowest BCUT2D eigenvalue weighted by atomic mass is 9.93. The minimum atomic E-state index is -2.86. The standard InChI is InChI=1S/C9H19NO4S/c1-9(6-11,7-12)5-10-8-2-3-15(13,14)4-8/h8,10-12H,2-7H2,1H3. The summed E-state index contributed by atoms with van der Waals surface area (Å²) in [5.74, 6) is 0.402. The molecule has 1 aliphatic rings. The molecule has 1 saturated heterocycles. The molecule has 0 aromatic carbocycles. The molecular formula is C9H19NO4S. The Morgan fingerprint density at radius 2 is 2.00 bits per heavy atom. The van der Waals surface area contributed by atoms with Crippen molar-refractivity contribution in [3.05, 3.63) is 0 Å². The highest BCUT2D eigenvalue weighted by Crippen LogP contribution is 2.16. The van der Waals surface area contributed by atoms with Crippen LogP contribution in [0.4, 0.5) is 0 Å². The quantitative estimate of drug-likeness (QED) is 0.556. The van der Waals surface area contributed by atoms with Crippen LogP contribution in [0, 0.1) is 5.41 Å². The number of nitrogens with one attached hydrogen (secondary N) is 1. The van der Waals surface area contributed by atoms with Crippen molar-refractivity contribution in [2.75, 3.05) is 31.3 Å². The van der Waals surface area contributed by atoms with Gasteiger partial charge in [-0.1, -0.05) is 6.92 Å². The van der Waals surface area contributed by atoms with Gasteiger partial charge in [-0.05, 0) is 6.42 Å². The minimum absolute atomic E-state index is 0.0348. The average molecular weight is 237 g/mol. The van der Waals surface area contributed by atoms with E-state index in [9.17, 15) is 8.42 Å². The van der Waals surface area contributed by atoms with E-state index in [1.165, 1.54) is 0 Å². The summed E-state index contributed by atoms with van der Waals surface area (Å²) in [7, 11) is -2.86. The number of aliphatic hydroxyl groups is 2. The van der Waals surface area contributed by atoms with Crippen molar-refractivity contribution in [2.24, 2.45) is 5.41 Å².